The van der Waals surface area contributed by atoms with Crippen LogP contribution in [0.2, 0.25) is 0 Å². The SMILES string of the molecule is CC(C)n1nccc1NC(=O)N1CCCCC1. The van der Waals surface area contributed by atoms with Crippen molar-refractivity contribution in [2.24, 2.45) is 0 Å². The van der Waals surface area contributed by atoms with Gasteiger partial charge in [0.05, 0.1) is 6.20 Å². The molecule has 0 spiro atoms. The summed E-state index contributed by atoms with van der Waals surface area (Å²) in [5.74, 6) is 0.774. The highest BCUT2D eigenvalue weighted by Gasteiger charge is 2.18. The predicted molar refractivity (Wildman–Crippen MR) is 67.1 cm³/mol. The molecule has 1 N–H and O–H groups in total. The number of amides is 2. The van der Waals surface area contributed by atoms with E-state index in [2.05, 4.69) is 10.4 Å². The molecule has 0 atom stereocenters. The van der Waals surface area contributed by atoms with Crippen molar-refractivity contribution >= 4 is 11.8 Å². The molecule has 0 radical (unpaired) electrons. The van der Waals surface area contributed by atoms with Crippen molar-refractivity contribution in [1.82, 2.24) is 14.7 Å². The van der Waals surface area contributed by atoms with Crippen molar-refractivity contribution in [3.8, 4) is 0 Å². The second-order valence-corrected chi connectivity index (χ2v) is 4.73. The van der Waals surface area contributed by atoms with Gasteiger partial charge in [-0.1, -0.05) is 0 Å². The molecule has 1 aliphatic heterocycles. The minimum atomic E-state index is -0.00731. The number of urea groups is 1. The van der Waals surface area contributed by atoms with Crippen LogP contribution in [-0.2, 0) is 0 Å². The molecule has 0 bridgehead atoms. The summed E-state index contributed by atoms with van der Waals surface area (Å²) in [5.41, 5.74) is 0. The summed E-state index contributed by atoms with van der Waals surface area (Å²) >= 11 is 0. The molecule has 2 rings (SSSR count). The Bertz CT molecular complexity index is 380. The third-order valence-electron chi connectivity index (χ3n) is 3.04. The van der Waals surface area contributed by atoms with Gasteiger partial charge in [-0.15, -0.1) is 0 Å². The monoisotopic (exact) mass is 236 g/mol. The van der Waals surface area contributed by atoms with Gasteiger partial charge in [0.25, 0.3) is 0 Å². The summed E-state index contributed by atoms with van der Waals surface area (Å²) in [4.78, 5) is 13.9. The highest BCUT2D eigenvalue weighted by atomic mass is 16.2. The molecule has 1 aromatic heterocycles. The van der Waals surface area contributed by atoms with Gasteiger partial charge in [-0.25, -0.2) is 9.48 Å². The number of likely N-dealkylation sites (tertiary alicyclic amines) is 1. The van der Waals surface area contributed by atoms with E-state index in [1.165, 1.54) is 6.42 Å². The minimum absolute atomic E-state index is 0.00731. The molecule has 0 aliphatic carbocycles. The summed E-state index contributed by atoms with van der Waals surface area (Å²) < 4.78 is 1.82. The zero-order valence-electron chi connectivity index (χ0n) is 10.5. The van der Waals surface area contributed by atoms with E-state index in [1.807, 2.05) is 29.5 Å². The van der Waals surface area contributed by atoms with Crippen molar-refractivity contribution in [3.63, 3.8) is 0 Å². The van der Waals surface area contributed by atoms with E-state index in [0.717, 1.165) is 31.7 Å². The fraction of sp³-hybridized carbons (Fsp3) is 0.667. The molecular weight excluding hydrogens is 216 g/mol. The van der Waals surface area contributed by atoms with E-state index in [1.54, 1.807) is 6.20 Å². The van der Waals surface area contributed by atoms with E-state index in [0.29, 0.717) is 0 Å². The lowest BCUT2D eigenvalue weighted by atomic mass is 10.1. The van der Waals surface area contributed by atoms with Crippen molar-refractivity contribution in [2.45, 2.75) is 39.2 Å². The number of carbonyl (C=O) groups excluding carboxylic acids is 1. The maximum absolute atomic E-state index is 12.0. The normalized spacial score (nSPS) is 16.3. The maximum Gasteiger partial charge on any atom is 0.322 e. The Balaban J connectivity index is 1.99. The van der Waals surface area contributed by atoms with Gasteiger partial charge < -0.3 is 4.90 Å². The summed E-state index contributed by atoms with van der Waals surface area (Å²) in [6.45, 7) is 5.82. The number of rotatable bonds is 2. The third kappa shape index (κ3) is 2.78. The molecule has 0 aromatic carbocycles. The van der Waals surface area contributed by atoms with Crippen LogP contribution in [-0.4, -0.2) is 33.8 Å². The number of hydrogen-bond donors (Lipinski definition) is 1. The third-order valence-corrected chi connectivity index (χ3v) is 3.04. The van der Waals surface area contributed by atoms with Crippen LogP contribution in [0, 0.1) is 0 Å². The predicted octanol–water partition coefficient (Wildman–Crippen LogP) is 2.48. The van der Waals surface area contributed by atoms with Gasteiger partial charge in [0.2, 0.25) is 0 Å². The van der Waals surface area contributed by atoms with Gasteiger partial charge in [0.15, 0.2) is 0 Å². The van der Waals surface area contributed by atoms with Crippen molar-refractivity contribution in [1.29, 1.82) is 0 Å². The Hall–Kier alpha value is -1.52. The molecule has 2 heterocycles. The van der Waals surface area contributed by atoms with Gasteiger partial charge in [-0.3, -0.25) is 5.32 Å². The molecular formula is C12H20N4O. The molecule has 1 aliphatic rings. The van der Waals surface area contributed by atoms with Crippen LogP contribution in [0.1, 0.15) is 39.2 Å². The van der Waals surface area contributed by atoms with Crippen molar-refractivity contribution < 1.29 is 4.79 Å². The number of carbonyl (C=O) groups is 1. The summed E-state index contributed by atoms with van der Waals surface area (Å²) in [6.07, 6.45) is 5.16. The first-order valence-corrected chi connectivity index (χ1v) is 6.28. The number of nitrogens with one attached hydrogen (secondary N) is 1. The van der Waals surface area contributed by atoms with Crippen LogP contribution in [0.4, 0.5) is 10.6 Å². The van der Waals surface area contributed by atoms with Gasteiger partial charge in [0.1, 0.15) is 5.82 Å². The van der Waals surface area contributed by atoms with E-state index in [-0.39, 0.29) is 12.1 Å². The van der Waals surface area contributed by atoms with Crippen LogP contribution in [0.25, 0.3) is 0 Å². The average Bonchev–Trinajstić information content (AvgIpc) is 2.78. The second kappa shape index (κ2) is 5.21. The Morgan fingerprint density at radius 3 is 2.71 bits per heavy atom. The van der Waals surface area contributed by atoms with Crippen molar-refractivity contribution in [2.75, 3.05) is 18.4 Å². The van der Waals surface area contributed by atoms with Gasteiger partial charge in [0, 0.05) is 25.2 Å². The van der Waals surface area contributed by atoms with Gasteiger partial charge in [-0.2, -0.15) is 5.10 Å². The molecule has 0 saturated carbocycles. The first kappa shape index (κ1) is 12.0. The van der Waals surface area contributed by atoms with Crippen molar-refractivity contribution in [3.05, 3.63) is 12.3 Å². The number of anilines is 1. The molecule has 2 amide bonds. The van der Waals surface area contributed by atoms with E-state index in [4.69, 9.17) is 0 Å². The Morgan fingerprint density at radius 1 is 1.35 bits per heavy atom. The highest BCUT2D eigenvalue weighted by Crippen LogP contribution is 2.15. The number of nitrogens with zero attached hydrogens (tertiary/aromatic N) is 3. The smallest absolute Gasteiger partial charge is 0.322 e. The summed E-state index contributed by atoms with van der Waals surface area (Å²) in [6, 6.07) is 2.08. The molecule has 1 saturated heterocycles. The van der Waals surface area contributed by atoms with E-state index in [9.17, 15) is 4.79 Å². The van der Waals surface area contributed by atoms with Crippen LogP contribution >= 0.6 is 0 Å². The average molecular weight is 236 g/mol. The number of aromatic nitrogens is 2. The van der Waals surface area contributed by atoms with E-state index >= 15 is 0 Å². The van der Waals surface area contributed by atoms with E-state index < -0.39 is 0 Å². The number of piperidine rings is 1. The maximum atomic E-state index is 12.0. The fourth-order valence-electron chi connectivity index (χ4n) is 2.11. The van der Waals surface area contributed by atoms with Crippen LogP contribution < -0.4 is 5.32 Å². The number of hydrogen-bond acceptors (Lipinski definition) is 2. The Labute approximate surface area is 102 Å². The molecule has 1 fully saturated rings. The lowest BCUT2D eigenvalue weighted by molar-refractivity contribution is 0.200. The van der Waals surface area contributed by atoms with Crippen LogP contribution in [0.15, 0.2) is 12.3 Å². The lowest BCUT2D eigenvalue weighted by Gasteiger charge is -2.27. The second-order valence-electron chi connectivity index (χ2n) is 4.73. The molecule has 0 unspecified atom stereocenters. The topological polar surface area (TPSA) is 50.2 Å². The zero-order chi connectivity index (χ0) is 12.3. The first-order chi connectivity index (χ1) is 8.18. The molecule has 94 valence electrons. The molecule has 17 heavy (non-hydrogen) atoms. The van der Waals surface area contributed by atoms with Crippen LogP contribution in [0.5, 0.6) is 0 Å². The summed E-state index contributed by atoms with van der Waals surface area (Å²) in [5, 5.41) is 7.13. The Kier molecular flexibility index (Phi) is 3.66. The fourth-order valence-corrected chi connectivity index (χ4v) is 2.11. The van der Waals surface area contributed by atoms with Crippen LogP contribution in [0.3, 0.4) is 0 Å². The summed E-state index contributed by atoms with van der Waals surface area (Å²) in [7, 11) is 0. The quantitative estimate of drug-likeness (QED) is 0.857. The first-order valence-electron chi connectivity index (χ1n) is 6.28. The lowest BCUT2D eigenvalue weighted by Crippen LogP contribution is -2.39. The molecule has 1 aromatic rings. The van der Waals surface area contributed by atoms with Gasteiger partial charge >= 0.3 is 6.03 Å². The van der Waals surface area contributed by atoms with Gasteiger partial charge in [-0.05, 0) is 33.1 Å². The molecule has 5 nitrogen and oxygen atoms in total. The Morgan fingerprint density at radius 2 is 2.06 bits per heavy atom. The molecule has 5 heteroatoms. The standard InChI is InChI=1S/C12H20N4O/c1-10(2)16-11(6-7-13-16)14-12(17)15-8-4-3-5-9-15/h6-7,10H,3-5,8-9H2,1-2H3,(H,14,17). The minimum Gasteiger partial charge on any atom is -0.325 e. The largest absolute Gasteiger partial charge is 0.325 e. The zero-order valence-corrected chi connectivity index (χ0v) is 10.5. The highest BCUT2D eigenvalue weighted by molar-refractivity contribution is 5.88.